The lowest BCUT2D eigenvalue weighted by molar-refractivity contribution is 0.473. The molecule has 0 saturated carbocycles. The molecule has 0 aliphatic carbocycles. The molecule has 0 amide bonds. The van der Waals surface area contributed by atoms with Crippen LogP contribution < -0.4 is 5.73 Å². The molecule has 5 nitrogen and oxygen atoms in total. The molecule has 0 saturated heterocycles. The molecule has 0 aliphatic heterocycles. The Morgan fingerprint density at radius 3 is 2.37 bits per heavy atom. The van der Waals surface area contributed by atoms with Crippen LogP contribution >= 0.6 is 23.1 Å². The van der Waals surface area contributed by atoms with Gasteiger partial charge in [0.25, 0.3) is 0 Å². The third kappa shape index (κ3) is 4.18. The molecule has 0 bridgehead atoms. The molecule has 3 rings (SSSR count). The van der Waals surface area contributed by atoms with Crippen LogP contribution in [0.25, 0.3) is 11.1 Å². The zero-order chi connectivity index (χ0) is 18.9. The lowest BCUT2D eigenvalue weighted by atomic mass is 10.1. The number of nitrogens with two attached hydrogens (primary N) is 1. The van der Waals surface area contributed by atoms with E-state index in [1.165, 1.54) is 41.3 Å². The van der Waals surface area contributed by atoms with Gasteiger partial charge in [-0.2, -0.15) is 0 Å². The number of rotatable bonds is 5. The molecule has 2 aromatic carbocycles. The number of phenolic OH excluding ortho intramolecular Hbond substituents is 1. The Bertz CT molecular complexity index is 1070. The van der Waals surface area contributed by atoms with Crippen molar-refractivity contribution in [1.29, 1.82) is 5.41 Å². The number of aromatic hydroxyl groups is 1. The van der Waals surface area contributed by atoms with E-state index in [0.717, 1.165) is 5.56 Å². The number of sulfone groups is 1. The van der Waals surface area contributed by atoms with Gasteiger partial charge in [-0.05, 0) is 41.6 Å². The summed E-state index contributed by atoms with van der Waals surface area (Å²) in [5, 5.41) is 17.6. The summed E-state index contributed by atoms with van der Waals surface area (Å²) in [6, 6.07) is 15.0. The molecule has 0 unspecified atom stereocenters. The topological polar surface area (TPSA) is 104 Å². The summed E-state index contributed by atoms with van der Waals surface area (Å²) in [6.07, 6.45) is 1.77. The van der Waals surface area contributed by atoms with Crippen molar-refractivity contribution < 1.29 is 13.5 Å². The van der Waals surface area contributed by atoms with Gasteiger partial charge in [0.15, 0.2) is 0 Å². The van der Waals surface area contributed by atoms with Crippen LogP contribution in [0.4, 0.5) is 0 Å². The van der Waals surface area contributed by atoms with Gasteiger partial charge >= 0.3 is 0 Å². The van der Waals surface area contributed by atoms with Crippen molar-refractivity contribution in [2.45, 2.75) is 21.4 Å². The van der Waals surface area contributed by atoms with E-state index in [2.05, 4.69) is 0 Å². The van der Waals surface area contributed by atoms with Crippen LogP contribution in [0.2, 0.25) is 0 Å². The predicted octanol–water partition coefficient (Wildman–Crippen LogP) is 4.60. The van der Waals surface area contributed by atoms with Crippen LogP contribution in [0.1, 0.15) is 12.3 Å². The highest BCUT2D eigenvalue weighted by molar-refractivity contribution is 8.01. The first-order valence-corrected chi connectivity index (χ1v) is 11.0. The average molecular weight is 421 g/mol. The molecule has 0 radical (unpaired) electrons. The van der Waals surface area contributed by atoms with E-state index in [1.54, 1.807) is 12.3 Å². The minimum Gasteiger partial charge on any atom is -0.508 e. The van der Waals surface area contributed by atoms with Gasteiger partial charge in [-0.1, -0.05) is 37.8 Å². The number of thiophene rings is 1. The first-order chi connectivity index (χ1) is 12.3. The van der Waals surface area contributed by atoms with Crippen molar-refractivity contribution in [3.05, 3.63) is 59.5 Å². The Balaban J connectivity index is 0.00000261. The summed E-state index contributed by atoms with van der Waals surface area (Å²) >= 11 is 2.45. The van der Waals surface area contributed by atoms with Gasteiger partial charge in [-0.3, -0.25) is 5.41 Å². The summed E-state index contributed by atoms with van der Waals surface area (Å²) in [7, 11) is -3.87. The monoisotopic (exact) mass is 420 g/mol. The highest BCUT2D eigenvalue weighted by atomic mass is 32.2. The molecular formula is C19H20N2O3S3. The van der Waals surface area contributed by atoms with Gasteiger partial charge in [0.05, 0.1) is 18.9 Å². The van der Waals surface area contributed by atoms with E-state index in [-0.39, 0.29) is 28.8 Å². The third-order valence-corrected chi connectivity index (χ3v) is 8.03. The van der Waals surface area contributed by atoms with E-state index < -0.39 is 9.84 Å². The van der Waals surface area contributed by atoms with Gasteiger partial charge in [-0.25, -0.2) is 8.42 Å². The number of hydrogen-bond donors (Lipinski definition) is 3. The van der Waals surface area contributed by atoms with E-state index in [4.69, 9.17) is 11.1 Å². The minimum absolute atomic E-state index is 0. The molecule has 4 N–H and O–H groups in total. The number of thioether (sulfide) groups is 1. The Morgan fingerprint density at radius 1 is 1.11 bits per heavy atom. The van der Waals surface area contributed by atoms with Gasteiger partial charge < -0.3 is 10.8 Å². The Kier molecular flexibility index (Phi) is 6.35. The fraction of sp³-hybridized carbons (Fsp3) is 0.105. The Hall–Kier alpha value is -2.29. The first-order valence-electron chi connectivity index (χ1n) is 7.49. The number of nitrogens with one attached hydrogen (secondary N) is 1. The second-order valence-corrected chi connectivity index (χ2v) is 9.51. The molecule has 27 heavy (non-hydrogen) atoms. The fourth-order valence-electron chi connectivity index (χ4n) is 2.48. The Labute approximate surface area is 167 Å². The average Bonchev–Trinajstić information content (AvgIpc) is 3.07. The third-order valence-electron chi connectivity index (χ3n) is 3.72. The highest BCUT2D eigenvalue weighted by Crippen LogP contribution is 2.38. The van der Waals surface area contributed by atoms with Crippen molar-refractivity contribution >= 4 is 38.8 Å². The van der Waals surface area contributed by atoms with E-state index in [9.17, 15) is 13.5 Å². The van der Waals surface area contributed by atoms with Gasteiger partial charge in [0.1, 0.15) is 11.6 Å². The summed E-state index contributed by atoms with van der Waals surface area (Å²) < 4.78 is 26.9. The summed E-state index contributed by atoms with van der Waals surface area (Å²) in [5.74, 6) is -0.301. The Morgan fingerprint density at radius 2 is 1.78 bits per heavy atom. The second kappa shape index (κ2) is 8.16. The maximum absolute atomic E-state index is 13.2. The number of hydrogen-bond acceptors (Lipinski definition) is 6. The predicted molar refractivity (Wildman–Crippen MR) is 113 cm³/mol. The van der Waals surface area contributed by atoms with Crippen molar-refractivity contribution in [2.75, 3.05) is 6.26 Å². The molecule has 3 aromatic rings. The van der Waals surface area contributed by atoms with Crippen molar-refractivity contribution in [3.8, 4) is 16.9 Å². The molecule has 0 fully saturated rings. The summed E-state index contributed by atoms with van der Waals surface area (Å²) in [4.78, 5) is 0.501. The van der Waals surface area contributed by atoms with Crippen LogP contribution in [0, 0.1) is 5.41 Å². The first kappa shape index (κ1) is 21.0. The molecule has 0 spiro atoms. The second-order valence-electron chi connectivity index (χ2n) is 5.47. The SMILES string of the molecule is C.CSc1sc(C(=N)N)cc1S(=O)(=O)c1cc(O)cc(-c2ccccc2)c1. The van der Waals surface area contributed by atoms with Crippen LogP contribution in [0.3, 0.4) is 0 Å². The molecular weight excluding hydrogens is 400 g/mol. The largest absolute Gasteiger partial charge is 0.508 e. The molecule has 8 heteroatoms. The number of nitrogen functional groups attached to an aromatic ring is 1. The summed E-state index contributed by atoms with van der Waals surface area (Å²) in [5.41, 5.74) is 6.92. The van der Waals surface area contributed by atoms with E-state index in [1.807, 2.05) is 30.3 Å². The van der Waals surface area contributed by atoms with Crippen LogP contribution in [0.5, 0.6) is 5.75 Å². The number of phenols is 1. The maximum atomic E-state index is 13.2. The zero-order valence-electron chi connectivity index (χ0n) is 13.8. The highest BCUT2D eigenvalue weighted by Gasteiger charge is 2.26. The quantitative estimate of drug-likeness (QED) is 0.318. The number of amidine groups is 1. The zero-order valence-corrected chi connectivity index (χ0v) is 16.2. The fourth-order valence-corrected chi connectivity index (χ4v) is 6.40. The smallest absolute Gasteiger partial charge is 0.208 e. The van der Waals surface area contributed by atoms with E-state index >= 15 is 0 Å². The molecule has 1 heterocycles. The van der Waals surface area contributed by atoms with Gasteiger partial charge in [0, 0.05) is 0 Å². The standard InChI is InChI=1S/C18H16N2O3S3.CH4/c1-24-18-16(10-15(25-18)17(19)20)26(22,23)14-8-12(7-13(21)9-14)11-5-3-2-4-6-11;/h2-10,21H,1H3,(H3,19,20);1H4. The van der Waals surface area contributed by atoms with Crippen molar-refractivity contribution in [1.82, 2.24) is 0 Å². The molecule has 142 valence electrons. The van der Waals surface area contributed by atoms with Gasteiger partial charge in [-0.15, -0.1) is 23.1 Å². The van der Waals surface area contributed by atoms with E-state index in [0.29, 0.717) is 14.6 Å². The normalized spacial score (nSPS) is 11.0. The maximum Gasteiger partial charge on any atom is 0.208 e. The van der Waals surface area contributed by atoms with Crippen LogP contribution in [-0.2, 0) is 9.84 Å². The summed E-state index contributed by atoms with van der Waals surface area (Å²) in [6.45, 7) is 0. The number of benzene rings is 2. The van der Waals surface area contributed by atoms with Crippen LogP contribution in [-0.4, -0.2) is 25.6 Å². The minimum atomic E-state index is -3.87. The van der Waals surface area contributed by atoms with Crippen molar-refractivity contribution in [2.24, 2.45) is 5.73 Å². The molecule has 1 aromatic heterocycles. The lowest BCUT2D eigenvalue weighted by Gasteiger charge is -2.09. The van der Waals surface area contributed by atoms with Crippen LogP contribution in [0.15, 0.2) is 68.6 Å². The molecule has 0 aliphatic rings. The lowest BCUT2D eigenvalue weighted by Crippen LogP contribution is -2.08. The molecule has 0 atom stereocenters. The van der Waals surface area contributed by atoms with Crippen molar-refractivity contribution in [3.63, 3.8) is 0 Å². The van der Waals surface area contributed by atoms with Gasteiger partial charge in [0.2, 0.25) is 9.84 Å².